The Hall–Kier alpha value is -1.84. The average molecular weight is 315 g/mol. The Morgan fingerprint density at radius 2 is 1.68 bits per heavy atom. The summed E-state index contributed by atoms with van der Waals surface area (Å²) in [5.41, 5.74) is 8.84. The van der Waals surface area contributed by atoms with Gasteiger partial charge in [-0.2, -0.15) is 0 Å². The maximum absolute atomic E-state index is 10.7. The van der Waals surface area contributed by atoms with Crippen LogP contribution in [0.25, 0.3) is 11.1 Å². The van der Waals surface area contributed by atoms with Crippen LogP contribution in [0.1, 0.15) is 24.3 Å². The largest absolute Gasteiger partial charge is 0.370 e. The normalized spacial score (nSPS) is 19.9. The molecular formula is C18H19ClN2O. The standard InChI is InChI=1S/C18H19ClN2O/c19-15-7-5-13(6-8-15)12-1-3-14(4-2-12)16-11-17(16)21-10-9-18(20)22/h1-8,16-17,21H,9-11H2,(H2,20,22)/t16?,17-/m0/s1. The molecule has 0 aromatic heterocycles. The van der Waals surface area contributed by atoms with Crippen molar-refractivity contribution in [2.24, 2.45) is 5.73 Å². The molecule has 2 aromatic carbocycles. The summed E-state index contributed by atoms with van der Waals surface area (Å²) in [5, 5.41) is 4.13. The van der Waals surface area contributed by atoms with Crippen LogP contribution in [-0.2, 0) is 4.79 Å². The molecule has 114 valence electrons. The van der Waals surface area contributed by atoms with Gasteiger partial charge in [0.25, 0.3) is 0 Å². The van der Waals surface area contributed by atoms with Gasteiger partial charge in [-0.1, -0.05) is 48.0 Å². The van der Waals surface area contributed by atoms with Crippen molar-refractivity contribution < 1.29 is 4.79 Å². The topological polar surface area (TPSA) is 55.1 Å². The summed E-state index contributed by atoms with van der Waals surface area (Å²) < 4.78 is 0. The number of nitrogens with one attached hydrogen (secondary N) is 1. The number of carbonyl (C=O) groups excluding carboxylic acids is 1. The van der Waals surface area contributed by atoms with Crippen molar-refractivity contribution in [2.45, 2.75) is 24.8 Å². The Balaban J connectivity index is 1.59. The van der Waals surface area contributed by atoms with Crippen molar-refractivity contribution in [3.63, 3.8) is 0 Å². The third-order valence-corrected chi connectivity index (χ3v) is 4.34. The van der Waals surface area contributed by atoms with Crippen LogP contribution in [0.3, 0.4) is 0 Å². The van der Waals surface area contributed by atoms with Crippen LogP contribution in [-0.4, -0.2) is 18.5 Å². The van der Waals surface area contributed by atoms with Crippen molar-refractivity contribution in [3.8, 4) is 11.1 Å². The van der Waals surface area contributed by atoms with Crippen molar-refractivity contribution >= 4 is 17.5 Å². The van der Waals surface area contributed by atoms with E-state index in [4.69, 9.17) is 17.3 Å². The van der Waals surface area contributed by atoms with E-state index in [2.05, 4.69) is 29.6 Å². The number of hydrogen-bond acceptors (Lipinski definition) is 2. The Labute approximate surface area is 135 Å². The van der Waals surface area contributed by atoms with E-state index in [-0.39, 0.29) is 5.91 Å². The van der Waals surface area contributed by atoms with E-state index in [1.54, 1.807) is 0 Å². The molecule has 2 atom stereocenters. The molecule has 0 aliphatic heterocycles. The van der Waals surface area contributed by atoms with E-state index in [0.717, 1.165) is 11.4 Å². The molecule has 3 nitrogen and oxygen atoms in total. The molecule has 1 aliphatic carbocycles. The highest BCUT2D eigenvalue weighted by molar-refractivity contribution is 6.30. The van der Waals surface area contributed by atoms with E-state index in [9.17, 15) is 4.79 Å². The summed E-state index contributed by atoms with van der Waals surface area (Å²) in [6.45, 7) is 0.666. The van der Waals surface area contributed by atoms with Crippen LogP contribution in [0.4, 0.5) is 0 Å². The third-order valence-electron chi connectivity index (χ3n) is 4.08. The first-order valence-corrected chi connectivity index (χ1v) is 7.89. The number of nitrogens with two attached hydrogens (primary N) is 1. The quantitative estimate of drug-likeness (QED) is 0.859. The molecule has 1 saturated carbocycles. The fraction of sp³-hybridized carbons (Fsp3) is 0.278. The van der Waals surface area contributed by atoms with Gasteiger partial charge < -0.3 is 11.1 Å². The number of carbonyl (C=O) groups is 1. The number of rotatable bonds is 6. The SMILES string of the molecule is NC(=O)CCN[C@H]1CC1c1ccc(-c2ccc(Cl)cc2)cc1. The zero-order chi connectivity index (χ0) is 15.5. The zero-order valence-corrected chi connectivity index (χ0v) is 13.0. The van der Waals surface area contributed by atoms with Gasteiger partial charge in [0.1, 0.15) is 0 Å². The smallest absolute Gasteiger partial charge is 0.218 e. The van der Waals surface area contributed by atoms with Gasteiger partial charge in [-0.05, 0) is 35.2 Å². The highest BCUT2D eigenvalue weighted by Crippen LogP contribution is 2.41. The number of hydrogen-bond donors (Lipinski definition) is 2. The second-order valence-electron chi connectivity index (χ2n) is 5.75. The van der Waals surface area contributed by atoms with Gasteiger partial charge in [0.05, 0.1) is 0 Å². The molecular weight excluding hydrogens is 296 g/mol. The van der Waals surface area contributed by atoms with Gasteiger partial charge in [0.15, 0.2) is 0 Å². The van der Waals surface area contributed by atoms with Crippen LogP contribution < -0.4 is 11.1 Å². The maximum Gasteiger partial charge on any atom is 0.218 e. The molecule has 0 radical (unpaired) electrons. The molecule has 3 N–H and O–H groups in total. The summed E-state index contributed by atoms with van der Waals surface area (Å²) >= 11 is 5.92. The predicted octanol–water partition coefficient (Wildman–Crippen LogP) is 3.33. The molecule has 0 saturated heterocycles. The lowest BCUT2D eigenvalue weighted by Gasteiger charge is -2.06. The van der Waals surface area contributed by atoms with Gasteiger partial charge >= 0.3 is 0 Å². The number of benzene rings is 2. The first kappa shape index (κ1) is 15.1. The lowest BCUT2D eigenvalue weighted by atomic mass is 10.0. The first-order chi connectivity index (χ1) is 10.6. The van der Waals surface area contributed by atoms with Gasteiger partial charge in [0.2, 0.25) is 5.91 Å². The summed E-state index contributed by atoms with van der Waals surface area (Å²) in [7, 11) is 0. The van der Waals surface area contributed by atoms with E-state index >= 15 is 0 Å². The number of primary amides is 1. The molecule has 0 bridgehead atoms. The molecule has 1 amide bonds. The molecule has 3 rings (SSSR count). The highest BCUT2D eigenvalue weighted by Gasteiger charge is 2.37. The summed E-state index contributed by atoms with van der Waals surface area (Å²) in [5.74, 6) is 0.296. The van der Waals surface area contributed by atoms with E-state index in [0.29, 0.717) is 24.9 Å². The van der Waals surface area contributed by atoms with E-state index < -0.39 is 0 Å². The molecule has 2 aromatic rings. The van der Waals surface area contributed by atoms with Crippen molar-refractivity contribution in [3.05, 3.63) is 59.1 Å². The van der Waals surface area contributed by atoms with Crippen LogP contribution in [0.15, 0.2) is 48.5 Å². The van der Waals surface area contributed by atoms with Gasteiger partial charge in [-0.3, -0.25) is 4.79 Å². The molecule has 22 heavy (non-hydrogen) atoms. The summed E-state index contributed by atoms with van der Waals surface area (Å²) in [4.78, 5) is 10.7. The first-order valence-electron chi connectivity index (χ1n) is 7.51. The summed E-state index contributed by atoms with van der Waals surface area (Å²) in [6.07, 6.45) is 1.53. The Kier molecular flexibility index (Phi) is 4.46. The minimum Gasteiger partial charge on any atom is -0.370 e. The van der Waals surface area contributed by atoms with E-state index in [1.807, 2.05) is 24.3 Å². The Morgan fingerprint density at radius 1 is 1.09 bits per heavy atom. The number of halogens is 1. The summed E-state index contributed by atoms with van der Waals surface area (Å²) in [6, 6.07) is 17.0. The molecule has 0 heterocycles. The Morgan fingerprint density at radius 3 is 2.27 bits per heavy atom. The molecule has 1 aliphatic rings. The lowest BCUT2D eigenvalue weighted by Crippen LogP contribution is -2.24. The Bertz CT molecular complexity index is 652. The fourth-order valence-corrected chi connectivity index (χ4v) is 2.86. The molecule has 1 fully saturated rings. The highest BCUT2D eigenvalue weighted by atomic mass is 35.5. The van der Waals surface area contributed by atoms with Crippen molar-refractivity contribution in [2.75, 3.05) is 6.54 Å². The molecule has 0 spiro atoms. The van der Waals surface area contributed by atoms with Crippen LogP contribution in [0, 0.1) is 0 Å². The fourth-order valence-electron chi connectivity index (χ4n) is 2.73. The van der Waals surface area contributed by atoms with Gasteiger partial charge in [-0.15, -0.1) is 0 Å². The second kappa shape index (κ2) is 6.51. The monoisotopic (exact) mass is 314 g/mol. The van der Waals surface area contributed by atoms with E-state index in [1.165, 1.54) is 16.7 Å². The number of amides is 1. The predicted molar refractivity (Wildman–Crippen MR) is 89.8 cm³/mol. The van der Waals surface area contributed by atoms with Gasteiger partial charge in [-0.25, -0.2) is 0 Å². The van der Waals surface area contributed by atoms with Crippen molar-refractivity contribution in [1.29, 1.82) is 0 Å². The van der Waals surface area contributed by atoms with Crippen LogP contribution in [0.5, 0.6) is 0 Å². The molecule has 4 heteroatoms. The van der Waals surface area contributed by atoms with Crippen LogP contribution >= 0.6 is 11.6 Å². The van der Waals surface area contributed by atoms with Crippen molar-refractivity contribution in [1.82, 2.24) is 5.32 Å². The lowest BCUT2D eigenvalue weighted by molar-refractivity contribution is -0.117. The minimum absolute atomic E-state index is 0.253. The third kappa shape index (κ3) is 3.67. The maximum atomic E-state index is 10.7. The zero-order valence-electron chi connectivity index (χ0n) is 12.3. The molecule has 1 unspecified atom stereocenters. The minimum atomic E-state index is -0.253. The van der Waals surface area contributed by atoms with Gasteiger partial charge in [0, 0.05) is 29.9 Å². The average Bonchev–Trinajstić information content (AvgIpc) is 3.27. The van der Waals surface area contributed by atoms with Crippen LogP contribution in [0.2, 0.25) is 5.02 Å². The second-order valence-corrected chi connectivity index (χ2v) is 6.18.